The molecular weight excluding hydrogens is 240 g/mol. The first-order valence-corrected chi connectivity index (χ1v) is 7.84. The van der Waals surface area contributed by atoms with Gasteiger partial charge in [-0.05, 0) is 12.3 Å². The highest BCUT2D eigenvalue weighted by atomic mass is 32.1. The molecule has 1 aromatic heterocycles. The van der Waals surface area contributed by atoms with Gasteiger partial charge in [0, 0.05) is 28.8 Å². The first-order chi connectivity index (χ1) is 8.29. The standard InChI is InChI=1S/C15H26N2S/c1-9(2)16-8-12-13(15(4,5)6)17-14(18-12)11-7-10(11)3/h9-11,16H,7-8H2,1-6H3. The Kier molecular flexibility index (Phi) is 3.84. The molecule has 0 aromatic carbocycles. The lowest BCUT2D eigenvalue weighted by Crippen LogP contribution is -2.23. The van der Waals surface area contributed by atoms with Crippen molar-refractivity contribution in [2.24, 2.45) is 5.92 Å². The average Bonchev–Trinajstić information content (AvgIpc) is 2.79. The Bertz CT molecular complexity index is 415. The number of hydrogen-bond donors (Lipinski definition) is 1. The maximum absolute atomic E-state index is 4.95. The van der Waals surface area contributed by atoms with Crippen LogP contribution in [0.3, 0.4) is 0 Å². The van der Waals surface area contributed by atoms with Crippen LogP contribution in [0, 0.1) is 5.92 Å². The summed E-state index contributed by atoms with van der Waals surface area (Å²) in [6.45, 7) is 14.5. The van der Waals surface area contributed by atoms with Gasteiger partial charge in [0.25, 0.3) is 0 Å². The maximum Gasteiger partial charge on any atom is 0.0965 e. The molecule has 1 saturated carbocycles. The van der Waals surface area contributed by atoms with Crippen molar-refractivity contribution in [1.82, 2.24) is 10.3 Å². The highest BCUT2D eigenvalue weighted by Gasteiger charge is 2.38. The summed E-state index contributed by atoms with van der Waals surface area (Å²) < 4.78 is 0. The summed E-state index contributed by atoms with van der Waals surface area (Å²) in [5, 5.41) is 4.90. The number of hydrogen-bond acceptors (Lipinski definition) is 3. The molecule has 0 spiro atoms. The highest BCUT2D eigenvalue weighted by Crippen LogP contribution is 2.49. The lowest BCUT2D eigenvalue weighted by molar-refractivity contribution is 0.544. The molecule has 2 rings (SSSR count). The van der Waals surface area contributed by atoms with Crippen LogP contribution in [0.1, 0.15) is 69.5 Å². The minimum atomic E-state index is 0.154. The Morgan fingerprint density at radius 3 is 2.44 bits per heavy atom. The smallest absolute Gasteiger partial charge is 0.0965 e. The molecule has 0 amide bonds. The van der Waals surface area contributed by atoms with E-state index in [-0.39, 0.29) is 5.41 Å². The van der Waals surface area contributed by atoms with E-state index in [1.165, 1.54) is 22.0 Å². The van der Waals surface area contributed by atoms with Gasteiger partial charge >= 0.3 is 0 Å². The van der Waals surface area contributed by atoms with Crippen molar-refractivity contribution in [3.8, 4) is 0 Å². The molecule has 1 aliphatic rings. The molecule has 3 heteroatoms. The van der Waals surface area contributed by atoms with Gasteiger partial charge in [-0.2, -0.15) is 0 Å². The Labute approximate surface area is 115 Å². The van der Waals surface area contributed by atoms with Crippen LogP contribution >= 0.6 is 11.3 Å². The van der Waals surface area contributed by atoms with Crippen molar-refractivity contribution in [2.45, 2.75) is 71.9 Å². The second kappa shape index (κ2) is 4.93. The summed E-state index contributed by atoms with van der Waals surface area (Å²) in [5.74, 6) is 1.58. The van der Waals surface area contributed by atoms with Crippen LogP contribution in [-0.2, 0) is 12.0 Å². The van der Waals surface area contributed by atoms with Gasteiger partial charge in [0.2, 0.25) is 0 Å². The molecule has 2 unspecified atom stereocenters. The van der Waals surface area contributed by atoms with Gasteiger partial charge in [0.15, 0.2) is 0 Å². The summed E-state index contributed by atoms with van der Waals surface area (Å²) >= 11 is 1.93. The average molecular weight is 266 g/mol. The molecule has 1 aromatic rings. The molecule has 0 radical (unpaired) electrons. The Balaban J connectivity index is 2.22. The van der Waals surface area contributed by atoms with E-state index in [4.69, 9.17) is 4.98 Å². The molecule has 2 atom stereocenters. The molecule has 1 heterocycles. The van der Waals surface area contributed by atoms with Crippen molar-refractivity contribution >= 4 is 11.3 Å². The van der Waals surface area contributed by atoms with Gasteiger partial charge in [-0.3, -0.25) is 0 Å². The van der Waals surface area contributed by atoms with E-state index < -0.39 is 0 Å². The normalized spacial score (nSPS) is 23.7. The molecule has 0 bridgehead atoms. The van der Waals surface area contributed by atoms with E-state index in [0.717, 1.165) is 18.4 Å². The molecule has 18 heavy (non-hydrogen) atoms. The van der Waals surface area contributed by atoms with Crippen molar-refractivity contribution < 1.29 is 0 Å². The number of rotatable bonds is 4. The van der Waals surface area contributed by atoms with Crippen LogP contribution in [-0.4, -0.2) is 11.0 Å². The van der Waals surface area contributed by atoms with Gasteiger partial charge in [-0.1, -0.05) is 41.5 Å². The molecule has 1 fully saturated rings. The van der Waals surface area contributed by atoms with Gasteiger partial charge in [0.1, 0.15) is 0 Å². The van der Waals surface area contributed by atoms with Gasteiger partial charge < -0.3 is 5.32 Å². The number of nitrogens with zero attached hydrogens (tertiary/aromatic N) is 1. The fraction of sp³-hybridized carbons (Fsp3) is 0.800. The molecule has 0 saturated heterocycles. The topological polar surface area (TPSA) is 24.9 Å². The number of thiazole rings is 1. The highest BCUT2D eigenvalue weighted by molar-refractivity contribution is 7.11. The van der Waals surface area contributed by atoms with E-state index >= 15 is 0 Å². The van der Waals surface area contributed by atoms with E-state index in [2.05, 4.69) is 46.9 Å². The van der Waals surface area contributed by atoms with Crippen LogP contribution < -0.4 is 5.32 Å². The third-order valence-electron chi connectivity index (χ3n) is 3.52. The Morgan fingerprint density at radius 1 is 1.39 bits per heavy atom. The summed E-state index contributed by atoms with van der Waals surface area (Å²) in [6.07, 6.45) is 1.33. The zero-order valence-electron chi connectivity index (χ0n) is 12.5. The fourth-order valence-electron chi connectivity index (χ4n) is 2.20. The molecule has 1 aliphatic carbocycles. The van der Waals surface area contributed by atoms with Crippen LogP contribution in [0.15, 0.2) is 0 Å². The second-order valence-corrected chi connectivity index (χ2v) is 8.04. The monoisotopic (exact) mass is 266 g/mol. The van der Waals surface area contributed by atoms with Crippen LogP contribution in [0.25, 0.3) is 0 Å². The zero-order chi connectivity index (χ0) is 13.5. The minimum Gasteiger partial charge on any atom is -0.310 e. The first-order valence-electron chi connectivity index (χ1n) is 7.02. The zero-order valence-corrected chi connectivity index (χ0v) is 13.3. The molecule has 102 valence electrons. The second-order valence-electron chi connectivity index (χ2n) is 6.93. The van der Waals surface area contributed by atoms with Gasteiger partial charge in [0.05, 0.1) is 10.7 Å². The van der Waals surface area contributed by atoms with Gasteiger partial charge in [-0.25, -0.2) is 4.98 Å². The van der Waals surface area contributed by atoms with Crippen LogP contribution in [0.5, 0.6) is 0 Å². The van der Waals surface area contributed by atoms with E-state index in [9.17, 15) is 0 Å². The van der Waals surface area contributed by atoms with Crippen LogP contribution in [0.2, 0.25) is 0 Å². The fourth-order valence-corrected chi connectivity index (χ4v) is 3.67. The summed E-state index contributed by atoms with van der Waals surface area (Å²) in [7, 11) is 0. The first kappa shape index (κ1) is 14.0. The number of aromatic nitrogens is 1. The van der Waals surface area contributed by atoms with Crippen LogP contribution in [0.4, 0.5) is 0 Å². The molecular formula is C15H26N2S. The van der Waals surface area contributed by atoms with Crippen molar-refractivity contribution in [3.63, 3.8) is 0 Å². The van der Waals surface area contributed by atoms with Gasteiger partial charge in [-0.15, -0.1) is 11.3 Å². The van der Waals surface area contributed by atoms with Crippen molar-refractivity contribution in [1.29, 1.82) is 0 Å². The SMILES string of the molecule is CC(C)NCc1sc(C2CC2C)nc1C(C)(C)C. The summed E-state index contributed by atoms with van der Waals surface area (Å²) in [4.78, 5) is 6.39. The maximum atomic E-state index is 4.95. The lowest BCUT2D eigenvalue weighted by atomic mass is 9.91. The Morgan fingerprint density at radius 2 is 2.00 bits per heavy atom. The predicted octanol–water partition coefficient (Wildman–Crippen LogP) is 4.06. The summed E-state index contributed by atoms with van der Waals surface area (Å²) in [5.41, 5.74) is 1.45. The molecule has 2 nitrogen and oxygen atoms in total. The van der Waals surface area contributed by atoms with E-state index in [1.807, 2.05) is 11.3 Å². The van der Waals surface area contributed by atoms with Crippen molar-refractivity contribution in [2.75, 3.05) is 0 Å². The van der Waals surface area contributed by atoms with Crippen molar-refractivity contribution in [3.05, 3.63) is 15.6 Å². The third kappa shape index (κ3) is 3.12. The quantitative estimate of drug-likeness (QED) is 0.889. The largest absolute Gasteiger partial charge is 0.310 e. The minimum absolute atomic E-state index is 0.154. The Hall–Kier alpha value is -0.410. The lowest BCUT2D eigenvalue weighted by Gasteiger charge is -2.18. The third-order valence-corrected chi connectivity index (χ3v) is 4.71. The molecule has 1 N–H and O–H groups in total. The summed E-state index contributed by atoms with van der Waals surface area (Å²) in [6, 6.07) is 0.531. The number of nitrogens with one attached hydrogen (secondary N) is 1. The van der Waals surface area contributed by atoms with E-state index in [1.54, 1.807) is 0 Å². The van der Waals surface area contributed by atoms with E-state index in [0.29, 0.717) is 6.04 Å². The molecule has 0 aliphatic heterocycles. The predicted molar refractivity (Wildman–Crippen MR) is 79.3 cm³/mol.